The van der Waals surface area contributed by atoms with Gasteiger partial charge in [-0.3, -0.25) is 4.90 Å². The lowest BCUT2D eigenvalue weighted by molar-refractivity contribution is 0.282. The van der Waals surface area contributed by atoms with Crippen molar-refractivity contribution in [3.05, 3.63) is 44.8 Å². The van der Waals surface area contributed by atoms with Crippen LogP contribution >= 0.6 is 22.7 Å². The zero-order chi connectivity index (χ0) is 13.3. The SMILES string of the molecule is CCN(CCNCCc1cccs1)Cc1cccs1. The predicted molar refractivity (Wildman–Crippen MR) is 86.2 cm³/mol. The summed E-state index contributed by atoms with van der Waals surface area (Å²) in [6.07, 6.45) is 1.15. The zero-order valence-corrected chi connectivity index (χ0v) is 13.1. The third-order valence-corrected chi connectivity index (χ3v) is 4.94. The summed E-state index contributed by atoms with van der Waals surface area (Å²) >= 11 is 3.69. The van der Waals surface area contributed by atoms with Gasteiger partial charge in [-0.05, 0) is 35.9 Å². The highest BCUT2D eigenvalue weighted by atomic mass is 32.1. The molecule has 0 fully saturated rings. The van der Waals surface area contributed by atoms with E-state index in [0.29, 0.717) is 0 Å². The summed E-state index contributed by atoms with van der Waals surface area (Å²) in [5.41, 5.74) is 0. The van der Waals surface area contributed by atoms with Gasteiger partial charge in [-0.1, -0.05) is 19.1 Å². The second kappa shape index (κ2) is 8.48. The largest absolute Gasteiger partial charge is 0.315 e. The average Bonchev–Trinajstić information content (AvgIpc) is 3.10. The molecule has 0 amide bonds. The number of likely N-dealkylation sites (N-methyl/N-ethyl adjacent to an activating group) is 1. The van der Waals surface area contributed by atoms with E-state index in [2.05, 4.69) is 52.2 Å². The first-order chi connectivity index (χ1) is 9.38. The third kappa shape index (κ3) is 5.45. The Bertz CT molecular complexity index is 423. The Kier molecular flexibility index (Phi) is 6.57. The van der Waals surface area contributed by atoms with Gasteiger partial charge in [0.25, 0.3) is 0 Å². The van der Waals surface area contributed by atoms with E-state index in [1.165, 1.54) is 9.75 Å². The van der Waals surface area contributed by atoms with Crippen LogP contribution in [0, 0.1) is 0 Å². The lowest BCUT2D eigenvalue weighted by Gasteiger charge is -2.19. The molecule has 2 aromatic heterocycles. The smallest absolute Gasteiger partial charge is 0.0328 e. The highest BCUT2D eigenvalue weighted by molar-refractivity contribution is 7.10. The number of thiophene rings is 2. The van der Waals surface area contributed by atoms with E-state index in [9.17, 15) is 0 Å². The van der Waals surface area contributed by atoms with Crippen molar-refractivity contribution in [2.24, 2.45) is 0 Å². The van der Waals surface area contributed by atoms with Crippen LogP contribution in [0.15, 0.2) is 35.0 Å². The Morgan fingerprint density at radius 2 is 1.79 bits per heavy atom. The standard InChI is InChI=1S/C15H22N2S2/c1-2-17(13-15-6-4-12-19-15)10-9-16-8-7-14-5-3-11-18-14/h3-6,11-12,16H,2,7-10,13H2,1H3. The average molecular weight is 294 g/mol. The fourth-order valence-corrected chi connectivity index (χ4v) is 3.46. The van der Waals surface area contributed by atoms with E-state index in [1.54, 1.807) is 0 Å². The van der Waals surface area contributed by atoms with Crippen LogP contribution in [0.5, 0.6) is 0 Å². The summed E-state index contributed by atoms with van der Waals surface area (Å²) in [5, 5.41) is 7.84. The van der Waals surface area contributed by atoms with Crippen LogP contribution < -0.4 is 5.32 Å². The van der Waals surface area contributed by atoms with Gasteiger partial charge in [-0.15, -0.1) is 22.7 Å². The fourth-order valence-electron chi connectivity index (χ4n) is 2.00. The van der Waals surface area contributed by atoms with Gasteiger partial charge in [-0.25, -0.2) is 0 Å². The minimum absolute atomic E-state index is 1.07. The number of rotatable bonds is 9. The summed E-state index contributed by atoms with van der Waals surface area (Å²) < 4.78 is 0. The molecule has 0 aliphatic heterocycles. The van der Waals surface area contributed by atoms with Crippen molar-refractivity contribution >= 4 is 22.7 Å². The molecule has 0 aliphatic carbocycles. The Morgan fingerprint density at radius 3 is 2.42 bits per heavy atom. The first-order valence-corrected chi connectivity index (χ1v) is 8.62. The van der Waals surface area contributed by atoms with Crippen molar-refractivity contribution in [1.29, 1.82) is 0 Å². The van der Waals surface area contributed by atoms with Crippen LogP contribution in [0.25, 0.3) is 0 Å². The van der Waals surface area contributed by atoms with E-state index in [1.807, 2.05) is 22.7 Å². The van der Waals surface area contributed by atoms with Crippen molar-refractivity contribution in [3.8, 4) is 0 Å². The molecule has 4 heteroatoms. The van der Waals surface area contributed by atoms with Gasteiger partial charge in [0.1, 0.15) is 0 Å². The molecule has 1 N–H and O–H groups in total. The lowest BCUT2D eigenvalue weighted by Crippen LogP contribution is -2.32. The normalized spacial score (nSPS) is 11.3. The number of nitrogens with one attached hydrogen (secondary N) is 1. The minimum atomic E-state index is 1.07. The Hall–Kier alpha value is -0.680. The van der Waals surface area contributed by atoms with Gasteiger partial charge in [0, 0.05) is 35.9 Å². The van der Waals surface area contributed by atoms with Gasteiger partial charge < -0.3 is 5.32 Å². The second-order valence-corrected chi connectivity index (χ2v) is 6.59. The van der Waals surface area contributed by atoms with Crippen LogP contribution in [0.4, 0.5) is 0 Å². The van der Waals surface area contributed by atoms with E-state index in [0.717, 1.165) is 39.1 Å². The predicted octanol–water partition coefficient (Wildman–Crippen LogP) is 3.46. The molecule has 2 heterocycles. The van der Waals surface area contributed by atoms with Crippen LogP contribution in [-0.2, 0) is 13.0 Å². The molecule has 2 aromatic rings. The molecule has 0 saturated carbocycles. The molecule has 19 heavy (non-hydrogen) atoms. The molecule has 0 saturated heterocycles. The Labute approximate surface area is 124 Å². The maximum Gasteiger partial charge on any atom is 0.0328 e. The summed E-state index contributed by atoms with van der Waals surface area (Å²) in [4.78, 5) is 5.42. The van der Waals surface area contributed by atoms with Gasteiger partial charge >= 0.3 is 0 Å². The second-order valence-electron chi connectivity index (χ2n) is 4.53. The topological polar surface area (TPSA) is 15.3 Å². The number of hydrogen-bond acceptors (Lipinski definition) is 4. The molecule has 0 radical (unpaired) electrons. The maximum absolute atomic E-state index is 3.54. The number of hydrogen-bond donors (Lipinski definition) is 1. The van der Waals surface area contributed by atoms with Gasteiger partial charge in [0.15, 0.2) is 0 Å². The molecule has 2 nitrogen and oxygen atoms in total. The molecule has 2 rings (SSSR count). The lowest BCUT2D eigenvalue weighted by atomic mass is 10.3. The monoisotopic (exact) mass is 294 g/mol. The highest BCUT2D eigenvalue weighted by Gasteiger charge is 2.03. The molecule has 0 spiro atoms. The van der Waals surface area contributed by atoms with Crippen molar-refractivity contribution in [1.82, 2.24) is 10.2 Å². The van der Waals surface area contributed by atoms with Crippen LogP contribution in [-0.4, -0.2) is 31.1 Å². The van der Waals surface area contributed by atoms with E-state index >= 15 is 0 Å². The molecular weight excluding hydrogens is 272 g/mol. The van der Waals surface area contributed by atoms with Crippen molar-refractivity contribution in [2.75, 3.05) is 26.2 Å². The summed E-state index contributed by atoms with van der Waals surface area (Å²) in [7, 11) is 0. The van der Waals surface area contributed by atoms with E-state index in [4.69, 9.17) is 0 Å². The highest BCUT2D eigenvalue weighted by Crippen LogP contribution is 2.11. The van der Waals surface area contributed by atoms with Crippen molar-refractivity contribution in [3.63, 3.8) is 0 Å². The maximum atomic E-state index is 3.54. The van der Waals surface area contributed by atoms with Gasteiger partial charge in [0.2, 0.25) is 0 Å². The summed E-state index contributed by atoms with van der Waals surface area (Å²) in [5.74, 6) is 0. The molecule has 0 aromatic carbocycles. The Balaban J connectivity index is 1.58. The summed E-state index contributed by atoms with van der Waals surface area (Å²) in [6, 6.07) is 8.69. The molecule has 0 unspecified atom stereocenters. The van der Waals surface area contributed by atoms with Gasteiger partial charge in [0.05, 0.1) is 0 Å². The first-order valence-electron chi connectivity index (χ1n) is 6.86. The quantitative estimate of drug-likeness (QED) is 0.713. The van der Waals surface area contributed by atoms with E-state index < -0.39 is 0 Å². The van der Waals surface area contributed by atoms with Crippen LogP contribution in [0.3, 0.4) is 0 Å². The third-order valence-electron chi connectivity index (χ3n) is 3.14. The molecule has 104 valence electrons. The first kappa shape index (κ1) is 14.7. The fraction of sp³-hybridized carbons (Fsp3) is 0.467. The van der Waals surface area contributed by atoms with Crippen molar-refractivity contribution in [2.45, 2.75) is 19.9 Å². The van der Waals surface area contributed by atoms with Crippen molar-refractivity contribution < 1.29 is 0 Å². The zero-order valence-electron chi connectivity index (χ0n) is 11.5. The molecule has 0 bridgehead atoms. The minimum Gasteiger partial charge on any atom is -0.315 e. The van der Waals surface area contributed by atoms with Crippen LogP contribution in [0.2, 0.25) is 0 Å². The van der Waals surface area contributed by atoms with Crippen LogP contribution in [0.1, 0.15) is 16.7 Å². The molecular formula is C15H22N2S2. The molecule has 0 aliphatic rings. The van der Waals surface area contributed by atoms with Gasteiger partial charge in [-0.2, -0.15) is 0 Å². The van der Waals surface area contributed by atoms with E-state index in [-0.39, 0.29) is 0 Å². The summed E-state index contributed by atoms with van der Waals surface area (Å²) in [6.45, 7) is 7.71. The molecule has 0 atom stereocenters. The Morgan fingerprint density at radius 1 is 1.05 bits per heavy atom. The number of nitrogens with zero attached hydrogens (tertiary/aromatic N) is 1.